The van der Waals surface area contributed by atoms with Crippen LogP contribution in [0, 0.1) is 12.8 Å². The van der Waals surface area contributed by atoms with Gasteiger partial charge in [-0.2, -0.15) is 0 Å². The van der Waals surface area contributed by atoms with Crippen LogP contribution < -0.4 is 10.1 Å². The first kappa shape index (κ1) is 17.5. The van der Waals surface area contributed by atoms with E-state index in [1.54, 1.807) is 12.1 Å². The van der Waals surface area contributed by atoms with Crippen molar-refractivity contribution < 1.29 is 14.6 Å². The van der Waals surface area contributed by atoms with E-state index >= 15 is 0 Å². The molecule has 4 rings (SSSR count). The number of amides is 1. The molecule has 0 saturated carbocycles. The fourth-order valence-electron chi connectivity index (χ4n) is 3.91. The van der Waals surface area contributed by atoms with Crippen molar-refractivity contribution in [1.29, 1.82) is 0 Å². The number of phenolic OH excluding ortho intramolecular Hbond substituents is 1. The molecule has 27 heavy (non-hydrogen) atoms. The van der Waals surface area contributed by atoms with Gasteiger partial charge in [0.05, 0.1) is 12.2 Å². The quantitative estimate of drug-likeness (QED) is 0.747. The molecule has 5 heteroatoms. The molecule has 0 fully saturated rings. The number of fused-ring (bicyclic) bond motifs is 2. The first-order valence-corrected chi connectivity index (χ1v) is 9.31. The van der Waals surface area contributed by atoms with Gasteiger partial charge in [-0.15, -0.1) is 0 Å². The Morgan fingerprint density at radius 3 is 2.96 bits per heavy atom. The van der Waals surface area contributed by atoms with Crippen molar-refractivity contribution >= 4 is 16.8 Å². The highest BCUT2D eigenvalue weighted by atomic mass is 16.5. The van der Waals surface area contributed by atoms with E-state index in [1.165, 1.54) is 5.56 Å². The summed E-state index contributed by atoms with van der Waals surface area (Å²) in [5.74, 6) is 1.36. The molecule has 140 valence electrons. The summed E-state index contributed by atoms with van der Waals surface area (Å²) in [5, 5.41) is 13.7. The molecular formula is C22H24N2O3. The van der Waals surface area contributed by atoms with E-state index in [0.717, 1.165) is 35.2 Å². The second-order valence-electron chi connectivity index (χ2n) is 7.25. The van der Waals surface area contributed by atoms with Gasteiger partial charge in [0.1, 0.15) is 11.5 Å². The van der Waals surface area contributed by atoms with Crippen molar-refractivity contribution in [3.63, 3.8) is 0 Å². The zero-order valence-corrected chi connectivity index (χ0v) is 15.7. The fraction of sp³-hybridized carbons (Fsp3) is 0.318. The number of nitrogens with zero attached hydrogens (tertiary/aromatic N) is 1. The van der Waals surface area contributed by atoms with Gasteiger partial charge in [-0.05, 0) is 55.5 Å². The van der Waals surface area contributed by atoms with Crippen LogP contribution in [0.15, 0.2) is 42.5 Å². The lowest BCUT2D eigenvalue weighted by Gasteiger charge is -2.15. The maximum Gasteiger partial charge on any atom is 0.253 e. The number of hydrogen-bond acceptors (Lipinski definition) is 3. The van der Waals surface area contributed by atoms with E-state index in [2.05, 4.69) is 11.4 Å². The van der Waals surface area contributed by atoms with E-state index < -0.39 is 0 Å². The molecule has 0 saturated heterocycles. The van der Waals surface area contributed by atoms with Gasteiger partial charge in [0.15, 0.2) is 0 Å². The molecule has 1 aromatic heterocycles. The Kier molecular flexibility index (Phi) is 4.52. The number of ether oxygens (including phenoxy) is 1. The van der Waals surface area contributed by atoms with E-state index in [9.17, 15) is 9.90 Å². The number of aromatic hydroxyl groups is 1. The highest BCUT2D eigenvalue weighted by Gasteiger charge is 2.22. The summed E-state index contributed by atoms with van der Waals surface area (Å²) in [5.41, 5.74) is 3.66. The number of aryl methyl sites for hydroxylation is 1. The second kappa shape index (κ2) is 6.99. The average molecular weight is 364 g/mol. The average Bonchev–Trinajstić information content (AvgIpc) is 2.81. The normalized spacial score (nSPS) is 16.4. The van der Waals surface area contributed by atoms with Crippen molar-refractivity contribution in [2.75, 3.05) is 13.2 Å². The van der Waals surface area contributed by atoms with E-state index in [1.807, 2.05) is 42.8 Å². The SMILES string of the molecule is Cc1c(C(=O)NC[C@@H]2CCOc3ccccc3C2)c2cc(O)ccc2n1C. The molecule has 0 aliphatic carbocycles. The van der Waals surface area contributed by atoms with Crippen LogP contribution in [-0.4, -0.2) is 28.7 Å². The van der Waals surface area contributed by atoms with Gasteiger partial charge >= 0.3 is 0 Å². The minimum absolute atomic E-state index is 0.0952. The van der Waals surface area contributed by atoms with E-state index in [4.69, 9.17) is 4.74 Å². The standard InChI is InChI=1S/C22H24N2O3/c1-14-21(18-12-17(25)7-8-19(18)24(14)2)22(26)23-13-15-9-10-27-20-6-4-3-5-16(20)11-15/h3-8,12,15,25H,9-11,13H2,1-2H3,(H,23,26)/t15-/m1/s1. The minimum atomic E-state index is -0.0952. The van der Waals surface area contributed by atoms with Crippen molar-refractivity contribution in [2.45, 2.75) is 19.8 Å². The first-order valence-electron chi connectivity index (χ1n) is 9.31. The van der Waals surface area contributed by atoms with Gasteiger partial charge in [-0.1, -0.05) is 18.2 Å². The maximum absolute atomic E-state index is 12.9. The number of rotatable bonds is 3. The number of para-hydroxylation sites is 1. The third-order valence-corrected chi connectivity index (χ3v) is 5.52. The van der Waals surface area contributed by atoms with Crippen molar-refractivity contribution in [3.05, 3.63) is 59.3 Å². The summed E-state index contributed by atoms with van der Waals surface area (Å²) in [6.45, 7) is 3.20. The van der Waals surface area contributed by atoms with Gasteiger partial charge in [0.25, 0.3) is 5.91 Å². The number of carbonyl (C=O) groups excluding carboxylic acids is 1. The molecule has 0 radical (unpaired) electrons. The molecule has 1 aliphatic rings. The molecule has 0 unspecified atom stereocenters. The number of hydrogen-bond donors (Lipinski definition) is 2. The smallest absolute Gasteiger partial charge is 0.253 e. The maximum atomic E-state index is 12.9. The molecule has 2 heterocycles. The second-order valence-corrected chi connectivity index (χ2v) is 7.25. The topological polar surface area (TPSA) is 63.5 Å². The van der Waals surface area contributed by atoms with Gasteiger partial charge in [-0.3, -0.25) is 4.79 Å². The number of phenols is 1. The van der Waals surface area contributed by atoms with Crippen molar-refractivity contribution in [3.8, 4) is 11.5 Å². The first-order chi connectivity index (χ1) is 13.0. The van der Waals surface area contributed by atoms with Gasteiger partial charge < -0.3 is 19.7 Å². The third-order valence-electron chi connectivity index (χ3n) is 5.52. The van der Waals surface area contributed by atoms with Crippen LogP contribution in [0.2, 0.25) is 0 Å². The van der Waals surface area contributed by atoms with Crippen LogP contribution in [0.25, 0.3) is 10.9 Å². The molecule has 2 aromatic carbocycles. The number of aromatic nitrogens is 1. The van der Waals surface area contributed by atoms with E-state index in [-0.39, 0.29) is 11.7 Å². The Hall–Kier alpha value is -2.95. The molecule has 0 bridgehead atoms. The van der Waals surface area contributed by atoms with Crippen LogP contribution in [0.1, 0.15) is 28.0 Å². The molecule has 1 atom stereocenters. The van der Waals surface area contributed by atoms with Crippen LogP contribution in [0.3, 0.4) is 0 Å². The van der Waals surface area contributed by atoms with Crippen LogP contribution in [-0.2, 0) is 13.5 Å². The highest BCUT2D eigenvalue weighted by Crippen LogP contribution is 2.29. The zero-order valence-electron chi connectivity index (χ0n) is 15.7. The van der Waals surface area contributed by atoms with Gasteiger partial charge in [0, 0.05) is 30.2 Å². The Morgan fingerprint density at radius 2 is 2.11 bits per heavy atom. The lowest BCUT2D eigenvalue weighted by atomic mass is 9.96. The monoisotopic (exact) mass is 364 g/mol. The van der Waals surface area contributed by atoms with E-state index in [0.29, 0.717) is 24.6 Å². The summed E-state index contributed by atoms with van der Waals surface area (Å²) >= 11 is 0. The predicted octanol–water partition coefficient (Wildman–Crippen LogP) is 3.56. The van der Waals surface area contributed by atoms with Crippen molar-refractivity contribution in [1.82, 2.24) is 9.88 Å². The van der Waals surface area contributed by atoms with Crippen LogP contribution in [0.4, 0.5) is 0 Å². The van der Waals surface area contributed by atoms with Gasteiger partial charge in [-0.25, -0.2) is 0 Å². The highest BCUT2D eigenvalue weighted by molar-refractivity contribution is 6.08. The summed E-state index contributed by atoms with van der Waals surface area (Å²) < 4.78 is 7.81. The van der Waals surface area contributed by atoms with Gasteiger partial charge in [0.2, 0.25) is 0 Å². The predicted molar refractivity (Wildman–Crippen MR) is 105 cm³/mol. The summed E-state index contributed by atoms with van der Waals surface area (Å²) in [7, 11) is 1.94. The lowest BCUT2D eigenvalue weighted by molar-refractivity contribution is 0.0946. The number of benzene rings is 2. The summed E-state index contributed by atoms with van der Waals surface area (Å²) in [6.07, 6.45) is 1.80. The number of nitrogens with one attached hydrogen (secondary N) is 1. The number of carbonyl (C=O) groups is 1. The molecular weight excluding hydrogens is 340 g/mol. The Morgan fingerprint density at radius 1 is 1.30 bits per heavy atom. The Balaban J connectivity index is 1.53. The fourth-order valence-corrected chi connectivity index (χ4v) is 3.91. The molecule has 0 spiro atoms. The lowest BCUT2D eigenvalue weighted by Crippen LogP contribution is -2.30. The Labute approximate surface area is 158 Å². The summed E-state index contributed by atoms with van der Waals surface area (Å²) in [4.78, 5) is 12.9. The van der Waals surface area contributed by atoms with Crippen LogP contribution in [0.5, 0.6) is 11.5 Å². The molecule has 1 amide bonds. The van der Waals surface area contributed by atoms with Crippen molar-refractivity contribution in [2.24, 2.45) is 13.0 Å². The molecule has 3 aromatic rings. The van der Waals surface area contributed by atoms with Crippen LogP contribution >= 0.6 is 0 Å². The molecule has 1 aliphatic heterocycles. The largest absolute Gasteiger partial charge is 0.508 e. The molecule has 2 N–H and O–H groups in total. The summed E-state index contributed by atoms with van der Waals surface area (Å²) in [6, 6.07) is 13.2. The zero-order chi connectivity index (χ0) is 19.0. The minimum Gasteiger partial charge on any atom is -0.508 e. The third kappa shape index (κ3) is 3.25. The molecule has 5 nitrogen and oxygen atoms in total. The Bertz CT molecular complexity index is 1010.